The van der Waals surface area contributed by atoms with Crippen molar-refractivity contribution in [3.8, 4) is 22.8 Å². The van der Waals surface area contributed by atoms with Crippen LogP contribution in [-0.4, -0.2) is 41.0 Å². The summed E-state index contributed by atoms with van der Waals surface area (Å²) in [5.41, 5.74) is 1.75. The number of aromatic nitrogens is 1. The average molecular weight is 404 g/mol. The lowest BCUT2D eigenvalue weighted by atomic mass is 10.0. The molecule has 4 rings (SSSR count). The van der Waals surface area contributed by atoms with Gasteiger partial charge < -0.3 is 14.1 Å². The molecule has 6 heteroatoms. The molecule has 0 spiro atoms. The number of rotatable bonds is 5. The molecule has 1 aliphatic heterocycles. The van der Waals surface area contributed by atoms with E-state index in [-0.39, 0.29) is 18.6 Å². The molecule has 30 heavy (non-hydrogen) atoms. The molecule has 1 fully saturated rings. The van der Waals surface area contributed by atoms with Gasteiger partial charge in [-0.25, -0.2) is 9.78 Å². The molecule has 2 aromatic carbocycles. The fourth-order valence-corrected chi connectivity index (χ4v) is 3.74. The van der Waals surface area contributed by atoms with E-state index in [1.165, 1.54) is 0 Å². The van der Waals surface area contributed by atoms with Crippen molar-refractivity contribution in [1.29, 1.82) is 0 Å². The third-order valence-corrected chi connectivity index (χ3v) is 5.39. The summed E-state index contributed by atoms with van der Waals surface area (Å²) < 4.78 is 11.2. The Morgan fingerprint density at radius 2 is 1.87 bits per heavy atom. The summed E-state index contributed by atoms with van der Waals surface area (Å²) in [6.45, 7) is 2.48. The van der Waals surface area contributed by atoms with Crippen LogP contribution in [0.1, 0.15) is 36.5 Å². The second kappa shape index (κ2) is 8.95. The predicted octanol–water partition coefficient (Wildman–Crippen LogP) is 4.57. The fraction of sp³-hybridized carbons (Fsp3) is 0.292. The number of amides is 1. The minimum Gasteiger partial charge on any atom is -0.452 e. The number of esters is 1. The number of likely N-dealkylation sites (tertiary alicyclic amines) is 1. The zero-order chi connectivity index (χ0) is 20.9. The van der Waals surface area contributed by atoms with E-state index in [9.17, 15) is 9.59 Å². The second-order valence-corrected chi connectivity index (χ2v) is 7.45. The van der Waals surface area contributed by atoms with Crippen LogP contribution in [0.15, 0.2) is 65.2 Å². The van der Waals surface area contributed by atoms with Crippen molar-refractivity contribution in [3.05, 3.63) is 66.4 Å². The maximum Gasteiger partial charge on any atom is 0.339 e. The molecular formula is C24H24N2O4. The largest absolute Gasteiger partial charge is 0.452 e. The Balaban J connectivity index is 1.49. The van der Waals surface area contributed by atoms with E-state index in [4.69, 9.17) is 9.15 Å². The fourth-order valence-electron chi connectivity index (χ4n) is 3.74. The summed E-state index contributed by atoms with van der Waals surface area (Å²) >= 11 is 0. The van der Waals surface area contributed by atoms with Gasteiger partial charge in [0.05, 0.1) is 17.3 Å². The van der Waals surface area contributed by atoms with Gasteiger partial charge in [-0.2, -0.15) is 0 Å². The van der Waals surface area contributed by atoms with Gasteiger partial charge >= 0.3 is 5.97 Å². The van der Waals surface area contributed by atoms with Gasteiger partial charge in [0, 0.05) is 18.2 Å². The van der Waals surface area contributed by atoms with E-state index in [0.717, 1.165) is 24.8 Å². The number of carbonyl (C=O) groups excluding carboxylic acids is 2. The Morgan fingerprint density at radius 1 is 1.10 bits per heavy atom. The predicted molar refractivity (Wildman–Crippen MR) is 113 cm³/mol. The first kappa shape index (κ1) is 19.9. The number of oxazole rings is 1. The molecule has 0 saturated carbocycles. The summed E-state index contributed by atoms with van der Waals surface area (Å²) in [5, 5.41) is 0. The molecule has 1 aromatic heterocycles. The highest BCUT2D eigenvalue weighted by Crippen LogP contribution is 2.28. The number of carbonyl (C=O) groups is 2. The third-order valence-electron chi connectivity index (χ3n) is 5.39. The molecule has 0 aliphatic carbocycles. The average Bonchev–Trinajstić information content (AvgIpc) is 3.28. The van der Waals surface area contributed by atoms with Crippen molar-refractivity contribution in [1.82, 2.24) is 9.88 Å². The molecular weight excluding hydrogens is 380 g/mol. The molecule has 1 saturated heterocycles. The minimum absolute atomic E-state index is 0.157. The lowest BCUT2D eigenvalue weighted by Crippen LogP contribution is -2.44. The normalized spacial score (nSPS) is 16.3. The van der Waals surface area contributed by atoms with Crippen LogP contribution in [0.2, 0.25) is 0 Å². The number of hydrogen-bond donors (Lipinski definition) is 0. The van der Waals surface area contributed by atoms with E-state index in [0.29, 0.717) is 29.3 Å². The smallest absolute Gasteiger partial charge is 0.339 e. The van der Waals surface area contributed by atoms with Crippen molar-refractivity contribution in [2.75, 3.05) is 13.2 Å². The number of piperidine rings is 1. The molecule has 0 bridgehead atoms. The van der Waals surface area contributed by atoms with E-state index >= 15 is 0 Å². The highest BCUT2D eigenvalue weighted by atomic mass is 16.5. The molecule has 154 valence electrons. The number of hydrogen-bond acceptors (Lipinski definition) is 5. The van der Waals surface area contributed by atoms with E-state index in [1.807, 2.05) is 37.3 Å². The SMILES string of the molecule is C[C@H]1CCCCN1C(=O)COC(=O)c1ccccc1-c1ncc(-c2ccccc2)o1. The van der Waals surface area contributed by atoms with Crippen molar-refractivity contribution in [2.45, 2.75) is 32.2 Å². The minimum atomic E-state index is -0.567. The topological polar surface area (TPSA) is 72.6 Å². The van der Waals surface area contributed by atoms with Crippen LogP contribution in [0.5, 0.6) is 0 Å². The van der Waals surface area contributed by atoms with Crippen LogP contribution in [0, 0.1) is 0 Å². The molecule has 1 aliphatic rings. The summed E-state index contributed by atoms with van der Waals surface area (Å²) in [6, 6.07) is 16.8. The van der Waals surface area contributed by atoms with Crippen LogP contribution in [0.3, 0.4) is 0 Å². The van der Waals surface area contributed by atoms with Crippen molar-refractivity contribution < 1.29 is 18.7 Å². The molecule has 1 atom stereocenters. The summed E-state index contributed by atoms with van der Waals surface area (Å²) in [4.78, 5) is 31.3. The lowest BCUT2D eigenvalue weighted by Gasteiger charge is -2.33. The van der Waals surface area contributed by atoms with Crippen molar-refractivity contribution in [2.24, 2.45) is 0 Å². The first-order chi connectivity index (χ1) is 14.6. The Morgan fingerprint density at radius 3 is 2.67 bits per heavy atom. The Labute approximate surface area is 175 Å². The highest BCUT2D eigenvalue weighted by Gasteiger charge is 2.25. The van der Waals surface area contributed by atoms with Gasteiger partial charge in [-0.3, -0.25) is 4.79 Å². The highest BCUT2D eigenvalue weighted by molar-refractivity contribution is 5.97. The molecule has 3 aromatic rings. The summed E-state index contributed by atoms with van der Waals surface area (Å²) in [5.74, 6) is 0.221. The Bertz CT molecular complexity index is 1030. The summed E-state index contributed by atoms with van der Waals surface area (Å²) in [6.07, 6.45) is 4.73. The first-order valence-electron chi connectivity index (χ1n) is 10.2. The van der Waals surface area contributed by atoms with E-state index in [1.54, 1.807) is 35.4 Å². The zero-order valence-corrected chi connectivity index (χ0v) is 16.9. The molecule has 1 amide bonds. The van der Waals surface area contributed by atoms with Gasteiger partial charge in [-0.1, -0.05) is 42.5 Å². The van der Waals surface area contributed by atoms with Crippen LogP contribution >= 0.6 is 0 Å². The van der Waals surface area contributed by atoms with Crippen LogP contribution in [-0.2, 0) is 9.53 Å². The maximum absolute atomic E-state index is 12.7. The number of benzene rings is 2. The number of ether oxygens (including phenoxy) is 1. The van der Waals surface area contributed by atoms with Gasteiger partial charge in [0.15, 0.2) is 12.4 Å². The quantitative estimate of drug-likeness (QED) is 0.583. The standard InChI is InChI=1S/C24H24N2O4/c1-17-9-7-8-14-26(17)22(27)16-29-24(28)20-13-6-5-12-19(20)23-25-15-21(30-23)18-10-3-2-4-11-18/h2-6,10-13,15,17H,7-9,14,16H2,1H3/t17-/m0/s1. The van der Waals surface area contributed by atoms with Gasteiger partial charge in [0.25, 0.3) is 5.91 Å². The molecule has 0 N–H and O–H groups in total. The summed E-state index contributed by atoms with van der Waals surface area (Å²) in [7, 11) is 0. The molecule has 2 heterocycles. The van der Waals surface area contributed by atoms with Gasteiger partial charge in [0.2, 0.25) is 5.89 Å². The third kappa shape index (κ3) is 4.27. The zero-order valence-electron chi connectivity index (χ0n) is 16.9. The van der Waals surface area contributed by atoms with Crippen LogP contribution < -0.4 is 0 Å². The second-order valence-electron chi connectivity index (χ2n) is 7.45. The number of nitrogens with zero attached hydrogens (tertiary/aromatic N) is 2. The lowest BCUT2D eigenvalue weighted by molar-refractivity contribution is -0.137. The van der Waals surface area contributed by atoms with Crippen molar-refractivity contribution >= 4 is 11.9 Å². The van der Waals surface area contributed by atoms with Crippen LogP contribution in [0.25, 0.3) is 22.8 Å². The van der Waals surface area contributed by atoms with Gasteiger partial charge in [0.1, 0.15) is 0 Å². The van der Waals surface area contributed by atoms with Gasteiger partial charge in [-0.15, -0.1) is 0 Å². The monoisotopic (exact) mass is 404 g/mol. The molecule has 0 unspecified atom stereocenters. The molecule has 6 nitrogen and oxygen atoms in total. The van der Waals surface area contributed by atoms with Gasteiger partial charge in [-0.05, 0) is 38.3 Å². The molecule has 0 radical (unpaired) electrons. The first-order valence-corrected chi connectivity index (χ1v) is 10.2. The maximum atomic E-state index is 12.7. The van der Waals surface area contributed by atoms with Crippen LogP contribution in [0.4, 0.5) is 0 Å². The Kier molecular flexibility index (Phi) is 5.93. The van der Waals surface area contributed by atoms with E-state index < -0.39 is 5.97 Å². The van der Waals surface area contributed by atoms with E-state index in [2.05, 4.69) is 4.98 Å². The Hall–Kier alpha value is -3.41. The van der Waals surface area contributed by atoms with Crippen molar-refractivity contribution in [3.63, 3.8) is 0 Å².